The van der Waals surface area contributed by atoms with Gasteiger partial charge in [0.25, 0.3) is 0 Å². The maximum atomic E-state index is 11.8. The van der Waals surface area contributed by atoms with E-state index in [1.54, 1.807) is 4.90 Å². The monoisotopic (exact) mass is 381 g/mol. The van der Waals surface area contributed by atoms with Crippen molar-refractivity contribution in [1.29, 1.82) is 0 Å². The summed E-state index contributed by atoms with van der Waals surface area (Å²) < 4.78 is 5.09. The fourth-order valence-corrected chi connectivity index (χ4v) is 3.87. The highest BCUT2D eigenvalue weighted by atomic mass is 16.6. The van der Waals surface area contributed by atoms with E-state index in [1.165, 1.54) is 19.4 Å². The number of amides is 1. The van der Waals surface area contributed by atoms with Gasteiger partial charge in [0.1, 0.15) is 0 Å². The van der Waals surface area contributed by atoms with Gasteiger partial charge in [-0.1, -0.05) is 0 Å². The summed E-state index contributed by atoms with van der Waals surface area (Å²) >= 11 is 0. The Hall–Kier alpha value is -1.50. The minimum Gasteiger partial charge on any atom is -0.450 e. The van der Waals surface area contributed by atoms with Gasteiger partial charge in [-0.15, -0.1) is 0 Å². The van der Waals surface area contributed by atoms with E-state index < -0.39 is 0 Å². The van der Waals surface area contributed by atoms with Gasteiger partial charge >= 0.3 is 6.09 Å². The van der Waals surface area contributed by atoms with Crippen molar-refractivity contribution >= 4 is 12.1 Å². The molecule has 7 heteroatoms. The molecule has 0 saturated carbocycles. The van der Waals surface area contributed by atoms with Crippen molar-refractivity contribution in [2.45, 2.75) is 65.5 Å². The number of guanidine groups is 1. The molecule has 7 nitrogen and oxygen atoms in total. The molecule has 0 bridgehead atoms. The molecular formula is C20H39N5O2. The van der Waals surface area contributed by atoms with E-state index in [2.05, 4.69) is 36.3 Å². The number of piperidine rings is 2. The summed E-state index contributed by atoms with van der Waals surface area (Å²) in [5.74, 6) is 1.55. The van der Waals surface area contributed by atoms with Crippen molar-refractivity contribution in [3.05, 3.63) is 0 Å². The van der Waals surface area contributed by atoms with Crippen LogP contribution in [0.1, 0.15) is 53.4 Å². The van der Waals surface area contributed by atoms with Crippen LogP contribution in [0.25, 0.3) is 0 Å². The fourth-order valence-electron chi connectivity index (χ4n) is 3.87. The van der Waals surface area contributed by atoms with Crippen molar-refractivity contribution < 1.29 is 9.53 Å². The Morgan fingerprint density at radius 2 is 1.93 bits per heavy atom. The molecule has 1 amide bonds. The van der Waals surface area contributed by atoms with Crippen LogP contribution in [0.5, 0.6) is 0 Å². The van der Waals surface area contributed by atoms with Crippen molar-refractivity contribution in [3.63, 3.8) is 0 Å². The second-order valence-corrected chi connectivity index (χ2v) is 7.92. The van der Waals surface area contributed by atoms with Crippen LogP contribution in [0, 0.1) is 5.92 Å². The van der Waals surface area contributed by atoms with E-state index in [0.717, 1.165) is 51.5 Å². The average molecular weight is 382 g/mol. The SMILES string of the molecule is CCNC(=NCC1CCCN(C(C)C)C1)NC1CCN(C(=O)OCC)CC1. The Morgan fingerprint density at radius 3 is 2.56 bits per heavy atom. The van der Waals surface area contributed by atoms with Crippen molar-refractivity contribution in [1.82, 2.24) is 20.4 Å². The molecule has 2 aliphatic heterocycles. The second kappa shape index (κ2) is 11.4. The highest BCUT2D eigenvalue weighted by molar-refractivity contribution is 5.80. The molecule has 0 aromatic carbocycles. The molecule has 27 heavy (non-hydrogen) atoms. The van der Waals surface area contributed by atoms with Gasteiger partial charge in [-0.3, -0.25) is 4.99 Å². The Balaban J connectivity index is 1.81. The smallest absolute Gasteiger partial charge is 0.409 e. The first-order chi connectivity index (χ1) is 13.0. The van der Waals surface area contributed by atoms with Gasteiger partial charge in [0.15, 0.2) is 5.96 Å². The zero-order valence-corrected chi connectivity index (χ0v) is 17.7. The summed E-state index contributed by atoms with van der Waals surface area (Å²) in [5.41, 5.74) is 0. The van der Waals surface area contributed by atoms with Gasteiger partial charge in [-0.25, -0.2) is 4.79 Å². The van der Waals surface area contributed by atoms with Gasteiger partial charge in [-0.05, 0) is 65.8 Å². The molecule has 2 N–H and O–H groups in total. The lowest BCUT2D eigenvalue weighted by molar-refractivity contribution is 0.0963. The third-order valence-corrected chi connectivity index (χ3v) is 5.49. The van der Waals surface area contributed by atoms with Gasteiger partial charge in [0.05, 0.1) is 6.61 Å². The lowest BCUT2D eigenvalue weighted by Gasteiger charge is -2.35. The second-order valence-electron chi connectivity index (χ2n) is 7.92. The molecule has 1 atom stereocenters. The number of carbonyl (C=O) groups excluding carboxylic acids is 1. The van der Waals surface area contributed by atoms with Crippen molar-refractivity contribution in [2.24, 2.45) is 10.9 Å². The first kappa shape index (κ1) is 21.8. The molecule has 0 aromatic heterocycles. The average Bonchev–Trinajstić information content (AvgIpc) is 2.67. The molecule has 0 aliphatic carbocycles. The molecule has 2 fully saturated rings. The van der Waals surface area contributed by atoms with Crippen molar-refractivity contribution in [3.8, 4) is 0 Å². The van der Waals surface area contributed by atoms with Crippen LogP contribution in [-0.4, -0.2) is 79.8 Å². The van der Waals surface area contributed by atoms with Gasteiger partial charge in [0.2, 0.25) is 0 Å². The van der Waals surface area contributed by atoms with Crippen LogP contribution >= 0.6 is 0 Å². The summed E-state index contributed by atoms with van der Waals surface area (Å²) in [6.07, 6.45) is 4.20. The molecule has 0 radical (unpaired) electrons. The summed E-state index contributed by atoms with van der Waals surface area (Å²) in [4.78, 5) is 21.1. The zero-order chi connectivity index (χ0) is 19.6. The molecule has 2 saturated heterocycles. The quantitative estimate of drug-likeness (QED) is 0.546. The standard InChI is InChI=1S/C20H39N5O2/c1-5-21-19(22-14-17-8-7-11-25(15-17)16(3)4)23-18-9-12-24(13-10-18)20(26)27-6-2/h16-18H,5-15H2,1-4H3,(H2,21,22,23). The van der Waals surface area contributed by atoms with Crippen LogP contribution in [0.3, 0.4) is 0 Å². The summed E-state index contributed by atoms with van der Waals surface area (Å²) in [5, 5.41) is 6.95. The summed E-state index contributed by atoms with van der Waals surface area (Å²) in [7, 11) is 0. The van der Waals surface area contributed by atoms with E-state index in [0.29, 0.717) is 24.6 Å². The third kappa shape index (κ3) is 7.20. The van der Waals surface area contributed by atoms with Crippen LogP contribution in [0.15, 0.2) is 4.99 Å². The maximum Gasteiger partial charge on any atom is 0.409 e. The van der Waals surface area contributed by atoms with E-state index >= 15 is 0 Å². The number of ether oxygens (including phenoxy) is 1. The summed E-state index contributed by atoms with van der Waals surface area (Å²) in [6, 6.07) is 0.972. The van der Waals surface area contributed by atoms with Crippen LogP contribution in [-0.2, 0) is 4.74 Å². The Morgan fingerprint density at radius 1 is 1.19 bits per heavy atom. The molecule has 1 unspecified atom stereocenters. The molecule has 0 aromatic rings. The molecule has 2 aliphatic rings. The number of carbonyl (C=O) groups is 1. The highest BCUT2D eigenvalue weighted by Crippen LogP contribution is 2.18. The molecule has 2 heterocycles. The number of nitrogens with one attached hydrogen (secondary N) is 2. The first-order valence-electron chi connectivity index (χ1n) is 10.7. The fraction of sp³-hybridized carbons (Fsp3) is 0.900. The number of likely N-dealkylation sites (tertiary alicyclic amines) is 2. The Bertz CT molecular complexity index is 475. The molecular weight excluding hydrogens is 342 g/mol. The normalized spacial score (nSPS) is 22.8. The van der Waals surface area contributed by atoms with E-state index in [1.807, 2.05) is 6.92 Å². The van der Waals surface area contributed by atoms with Gasteiger partial charge < -0.3 is 25.2 Å². The zero-order valence-electron chi connectivity index (χ0n) is 17.7. The highest BCUT2D eigenvalue weighted by Gasteiger charge is 2.25. The van der Waals surface area contributed by atoms with Gasteiger partial charge in [-0.2, -0.15) is 0 Å². The van der Waals surface area contributed by atoms with Crippen LogP contribution in [0.2, 0.25) is 0 Å². The van der Waals surface area contributed by atoms with Crippen LogP contribution in [0.4, 0.5) is 4.79 Å². The minimum absolute atomic E-state index is 0.191. The lowest BCUT2D eigenvalue weighted by Crippen LogP contribution is -2.50. The predicted octanol–water partition coefficient (Wildman–Crippen LogP) is 2.28. The van der Waals surface area contributed by atoms with Crippen molar-refractivity contribution in [2.75, 3.05) is 45.9 Å². The lowest BCUT2D eigenvalue weighted by atomic mass is 9.97. The Labute approximate surface area is 164 Å². The number of rotatable bonds is 6. The van der Waals surface area contributed by atoms with Gasteiger partial charge in [0, 0.05) is 44.8 Å². The van der Waals surface area contributed by atoms with Crippen LogP contribution < -0.4 is 10.6 Å². The van der Waals surface area contributed by atoms with E-state index in [9.17, 15) is 4.79 Å². The molecule has 0 spiro atoms. The largest absolute Gasteiger partial charge is 0.450 e. The number of hydrogen-bond donors (Lipinski definition) is 2. The number of aliphatic imine (C=N–C) groups is 1. The maximum absolute atomic E-state index is 11.8. The minimum atomic E-state index is -0.191. The van der Waals surface area contributed by atoms with E-state index in [4.69, 9.17) is 9.73 Å². The topological polar surface area (TPSA) is 69.2 Å². The molecule has 2 rings (SSSR count). The predicted molar refractivity (Wildman–Crippen MR) is 110 cm³/mol. The Kier molecular flexibility index (Phi) is 9.18. The third-order valence-electron chi connectivity index (χ3n) is 5.49. The first-order valence-corrected chi connectivity index (χ1v) is 10.7. The molecule has 156 valence electrons. The number of nitrogens with zero attached hydrogens (tertiary/aromatic N) is 3. The van der Waals surface area contributed by atoms with E-state index in [-0.39, 0.29) is 6.09 Å². The summed E-state index contributed by atoms with van der Waals surface area (Å²) in [6.45, 7) is 14.5. The number of hydrogen-bond acceptors (Lipinski definition) is 4.